The lowest BCUT2D eigenvalue weighted by Crippen LogP contribution is -2.43. The molecule has 1 aliphatic rings. The largest absolute Gasteiger partial charge is 0.493 e. The average molecular weight is 345 g/mol. The maximum absolute atomic E-state index is 12.4. The molecule has 1 atom stereocenters. The molecule has 1 fully saturated rings. The number of likely N-dealkylation sites (tertiary alicyclic amines) is 1. The van der Waals surface area contributed by atoms with Crippen molar-refractivity contribution in [1.29, 1.82) is 5.26 Å². The number of nitrogens with one attached hydrogen (secondary N) is 1. The third-order valence-electron chi connectivity index (χ3n) is 4.58. The van der Waals surface area contributed by atoms with Gasteiger partial charge in [-0.3, -0.25) is 4.79 Å². The van der Waals surface area contributed by atoms with E-state index >= 15 is 0 Å². The average Bonchev–Trinajstić information content (AvgIpc) is 2.66. The van der Waals surface area contributed by atoms with Gasteiger partial charge < -0.3 is 19.7 Å². The van der Waals surface area contributed by atoms with Crippen LogP contribution in [0.25, 0.3) is 0 Å². The molecule has 0 saturated carbocycles. The fourth-order valence-corrected chi connectivity index (χ4v) is 3.19. The predicted octanol–water partition coefficient (Wildman–Crippen LogP) is 1.99. The van der Waals surface area contributed by atoms with Crippen LogP contribution in [0.5, 0.6) is 11.5 Å². The minimum atomic E-state index is 0.0258. The third kappa shape index (κ3) is 5.64. The first-order valence-electron chi connectivity index (χ1n) is 8.76. The zero-order valence-corrected chi connectivity index (χ0v) is 15.1. The number of piperidine rings is 1. The minimum absolute atomic E-state index is 0.0258. The molecule has 6 nitrogen and oxygen atoms in total. The number of nitriles is 1. The van der Waals surface area contributed by atoms with Crippen molar-refractivity contribution in [3.63, 3.8) is 0 Å². The number of nitrogens with zero attached hydrogens (tertiary/aromatic N) is 2. The third-order valence-corrected chi connectivity index (χ3v) is 4.58. The molecule has 25 heavy (non-hydrogen) atoms. The van der Waals surface area contributed by atoms with Gasteiger partial charge in [0.25, 0.3) is 0 Å². The van der Waals surface area contributed by atoms with Gasteiger partial charge in [-0.15, -0.1) is 0 Å². The van der Waals surface area contributed by atoms with E-state index in [1.54, 1.807) is 14.2 Å². The zero-order chi connectivity index (χ0) is 18.1. The van der Waals surface area contributed by atoms with Crippen LogP contribution in [0.2, 0.25) is 0 Å². The molecule has 6 heteroatoms. The van der Waals surface area contributed by atoms with Crippen LogP contribution in [0, 0.1) is 17.2 Å². The molecule has 1 unspecified atom stereocenters. The number of carbonyl (C=O) groups excluding carboxylic acids is 1. The quantitative estimate of drug-likeness (QED) is 0.780. The van der Waals surface area contributed by atoms with Crippen LogP contribution < -0.4 is 14.8 Å². The summed E-state index contributed by atoms with van der Waals surface area (Å²) < 4.78 is 10.5. The lowest BCUT2D eigenvalue weighted by molar-refractivity contribution is -0.126. The molecule has 0 aromatic heterocycles. The minimum Gasteiger partial charge on any atom is -0.493 e. The van der Waals surface area contributed by atoms with Crippen molar-refractivity contribution in [3.05, 3.63) is 23.8 Å². The molecule has 1 heterocycles. The smallest absolute Gasteiger partial charge is 0.224 e. The normalized spacial score (nSPS) is 17.6. The molecule has 2 rings (SSSR count). The summed E-state index contributed by atoms with van der Waals surface area (Å²) in [6.45, 7) is 3.09. The number of benzene rings is 1. The van der Waals surface area contributed by atoms with Crippen molar-refractivity contribution < 1.29 is 14.3 Å². The van der Waals surface area contributed by atoms with Crippen molar-refractivity contribution in [3.8, 4) is 17.6 Å². The van der Waals surface area contributed by atoms with Gasteiger partial charge >= 0.3 is 0 Å². The van der Waals surface area contributed by atoms with Crippen molar-refractivity contribution in [2.24, 2.45) is 5.92 Å². The van der Waals surface area contributed by atoms with Crippen molar-refractivity contribution in [2.75, 3.05) is 40.4 Å². The molecule has 1 N–H and O–H groups in total. The first kappa shape index (κ1) is 19.1. The number of ether oxygens (including phenoxy) is 2. The van der Waals surface area contributed by atoms with Gasteiger partial charge in [0.05, 0.1) is 26.2 Å². The number of rotatable bonds is 8. The van der Waals surface area contributed by atoms with Crippen molar-refractivity contribution in [1.82, 2.24) is 10.2 Å². The second-order valence-corrected chi connectivity index (χ2v) is 6.28. The summed E-state index contributed by atoms with van der Waals surface area (Å²) >= 11 is 0. The van der Waals surface area contributed by atoms with Gasteiger partial charge in [0.2, 0.25) is 5.91 Å². The summed E-state index contributed by atoms with van der Waals surface area (Å²) in [5, 5.41) is 11.7. The molecule has 0 radical (unpaired) electrons. The molecule has 1 aromatic rings. The molecule has 0 spiro atoms. The zero-order valence-electron chi connectivity index (χ0n) is 15.1. The van der Waals surface area contributed by atoms with Crippen LogP contribution in [0.4, 0.5) is 0 Å². The fraction of sp³-hybridized carbons (Fsp3) is 0.579. The monoisotopic (exact) mass is 345 g/mol. The highest BCUT2D eigenvalue weighted by Gasteiger charge is 2.25. The Morgan fingerprint density at radius 3 is 2.88 bits per heavy atom. The molecule has 1 aliphatic heterocycles. The number of hydrogen-bond donors (Lipinski definition) is 1. The van der Waals surface area contributed by atoms with E-state index in [0.717, 1.165) is 44.5 Å². The first-order valence-corrected chi connectivity index (χ1v) is 8.76. The summed E-state index contributed by atoms with van der Waals surface area (Å²) in [6.07, 6.45) is 3.20. The summed E-state index contributed by atoms with van der Waals surface area (Å²) in [7, 11) is 3.23. The highest BCUT2D eigenvalue weighted by atomic mass is 16.5. The molecule has 0 aliphatic carbocycles. The van der Waals surface area contributed by atoms with E-state index in [4.69, 9.17) is 14.7 Å². The standard InChI is InChI=1S/C19H27N3O3/c1-24-17-7-6-15(13-18(17)25-2)8-10-21-19(23)16-5-3-11-22(14-16)12-4-9-20/h6-7,13,16H,3-5,8,10-12,14H2,1-2H3,(H,21,23). The van der Waals surface area contributed by atoms with E-state index in [1.165, 1.54) is 0 Å². The lowest BCUT2D eigenvalue weighted by atomic mass is 9.97. The lowest BCUT2D eigenvalue weighted by Gasteiger charge is -2.31. The van der Waals surface area contributed by atoms with E-state index in [0.29, 0.717) is 24.5 Å². The maximum Gasteiger partial charge on any atom is 0.224 e. The topological polar surface area (TPSA) is 74.6 Å². The number of carbonyl (C=O) groups is 1. The number of amides is 1. The molecule has 136 valence electrons. The molecular formula is C19H27N3O3. The van der Waals surface area contributed by atoms with Crippen molar-refractivity contribution in [2.45, 2.75) is 25.7 Å². The SMILES string of the molecule is COc1ccc(CCNC(=O)C2CCCN(CCC#N)C2)cc1OC. The van der Waals surface area contributed by atoms with Gasteiger partial charge in [0.15, 0.2) is 11.5 Å². The van der Waals surface area contributed by atoms with Gasteiger partial charge in [0, 0.05) is 26.1 Å². The highest BCUT2D eigenvalue weighted by Crippen LogP contribution is 2.27. The molecular weight excluding hydrogens is 318 g/mol. The Labute approximate surface area is 149 Å². The van der Waals surface area contributed by atoms with Crippen LogP contribution in [0.1, 0.15) is 24.8 Å². The van der Waals surface area contributed by atoms with Crippen LogP contribution in [0.15, 0.2) is 18.2 Å². The van der Waals surface area contributed by atoms with Crippen LogP contribution in [-0.4, -0.2) is 51.2 Å². The summed E-state index contributed by atoms with van der Waals surface area (Å²) in [6, 6.07) is 7.97. The summed E-state index contributed by atoms with van der Waals surface area (Å²) in [4.78, 5) is 14.6. The predicted molar refractivity (Wildman–Crippen MR) is 95.7 cm³/mol. The Morgan fingerprint density at radius 1 is 1.36 bits per heavy atom. The van der Waals surface area contributed by atoms with Crippen LogP contribution >= 0.6 is 0 Å². The molecule has 1 aromatic carbocycles. The Balaban J connectivity index is 1.79. The van der Waals surface area contributed by atoms with Gasteiger partial charge in [-0.1, -0.05) is 6.07 Å². The molecule has 1 amide bonds. The van der Waals surface area contributed by atoms with E-state index < -0.39 is 0 Å². The Bertz CT molecular complexity index is 612. The van der Waals surface area contributed by atoms with E-state index in [-0.39, 0.29) is 11.8 Å². The van der Waals surface area contributed by atoms with Crippen LogP contribution in [0.3, 0.4) is 0 Å². The fourth-order valence-electron chi connectivity index (χ4n) is 3.19. The number of methoxy groups -OCH3 is 2. The Hall–Kier alpha value is -2.26. The second kappa shape index (κ2) is 9.90. The van der Waals surface area contributed by atoms with Crippen LogP contribution in [-0.2, 0) is 11.2 Å². The first-order chi connectivity index (χ1) is 12.2. The van der Waals surface area contributed by atoms with E-state index in [9.17, 15) is 4.79 Å². The molecule has 1 saturated heterocycles. The highest BCUT2D eigenvalue weighted by molar-refractivity contribution is 5.79. The Kier molecular flexibility index (Phi) is 7.55. The van der Waals surface area contributed by atoms with Crippen molar-refractivity contribution >= 4 is 5.91 Å². The van der Waals surface area contributed by atoms with Gasteiger partial charge in [-0.2, -0.15) is 5.26 Å². The number of hydrogen-bond acceptors (Lipinski definition) is 5. The summed E-state index contributed by atoms with van der Waals surface area (Å²) in [5.74, 6) is 1.54. The maximum atomic E-state index is 12.4. The van der Waals surface area contributed by atoms with E-state index in [2.05, 4.69) is 16.3 Å². The van der Waals surface area contributed by atoms with Gasteiger partial charge in [-0.05, 0) is 43.5 Å². The van der Waals surface area contributed by atoms with Gasteiger partial charge in [-0.25, -0.2) is 0 Å². The second-order valence-electron chi connectivity index (χ2n) is 6.28. The summed E-state index contributed by atoms with van der Waals surface area (Å²) in [5.41, 5.74) is 1.09. The van der Waals surface area contributed by atoms with E-state index in [1.807, 2.05) is 18.2 Å². The Morgan fingerprint density at radius 2 is 2.16 bits per heavy atom. The van der Waals surface area contributed by atoms with Gasteiger partial charge in [0.1, 0.15) is 0 Å². The molecule has 0 bridgehead atoms.